The molecule has 0 atom stereocenters. The Hall–Kier alpha value is -2.91. The van der Waals surface area contributed by atoms with E-state index in [4.69, 9.17) is 9.72 Å². The monoisotopic (exact) mass is 409 g/mol. The minimum absolute atomic E-state index is 0.0303. The molecule has 1 amide bonds. The number of aromatic nitrogens is 3. The van der Waals surface area contributed by atoms with E-state index in [0.29, 0.717) is 18.2 Å². The average molecular weight is 409 g/mol. The van der Waals surface area contributed by atoms with Crippen LogP contribution < -0.4 is 16.0 Å². The Morgan fingerprint density at radius 1 is 1.33 bits per heavy atom. The zero-order valence-corrected chi connectivity index (χ0v) is 17.0. The molecule has 3 N–H and O–H groups in total. The molecule has 3 aliphatic rings. The highest BCUT2D eigenvalue weighted by molar-refractivity contribution is 5.89. The normalized spacial score (nSPS) is 21.4. The van der Waals surface area contributed by atoms with E-state index in [1.807, 2.05) is 16.7 Å². The molecule has 2 saturated heterocycles. The van der Waals surface area contributed by atoms with Gasteiger partial charge in [-0.3, -0.25) is 9.69 Å². The Labute approximate surface area is 175 Å². The van der Waals surface area contributed by atoms with Crippen LogP contribution in [0.5, 0.6) is 0 Å². The summed E-state index contributed by atoms with van der Waals surface area (Å²) in [5.74, 6) is 1.72. The van der Waals surface area contributed by atoms with Crippen LogP contribution in [0.3, 0.4) is 0 Å². The summed E-state index contributed by atoms with van der Waals surface area (Å²) in [5.41, 5.74) is 3.15. The first-order valence-electron chi connectivity index (χ1n) is 10.5. The largest absolute Gasteiger partial charge is 0.379 e. The van der Waals surface area contributed by atoms with Crippen molar-refractivity contribution in [3.63, 3.8) is 0 Å². The van der Waals surface area contributed by atoms with Gasteiger partial charge in [0.2, 0.25) is 5.91 Å². The molecule has 158 valence electrons. The van der Waals surface area contributed by atoms with Crippen LogP contribution >= 0.6 is 0 Å². The molecular formula is C21H27N7O2. The lowest BCUT2D eigenvalue weighted by molar-refractivity contribution is -0.118. The summed E-state index contributed by atoms with van der Waals surface area (Å²) in [7, 11) is 0. The smallest absolute Gasteiger partial charge is 0.228 e. The number of hydrogen-bond donors (Lipinski definition) is 3. The minimum atomic E-state index is -0.0303. The third-order valence-electron chi connectivity index (χ3n) is 5.62. The number of anilines is 2. The maximum Gasteiger partial charge on any atom is 0.228 e. The fourth-order valence-corrected chi connectivity index (χ4v) is 3.78. The molecule has 30 heavy (non-hydrogen) atoms. The van der Waals surface area contributed by atoms with Gasteiger partial charge in [-0.25, -0.2) is 4.98 Å². The van der Waals surface area contributed by atoms with E-state index in [-0.39, 0.29) is 5.91 Å². The molecule has 9 heteroatoms. The van der Waals surface area contributed by atoms with E-state index in [1.165, 1.54) is 12.8 Å². The number of rotatable bonds is 7. The predicted molar refractivity (Wildman–Crippen MR) is 115 cm³/mol. The number of nitrogens with zero attached hydrogens (tertiary/aromatic N) is 4. The quantitative estimate of drug-likeness (QED) is 0.637. The van der Waals surface area contributed by atoms with Crippen molar-refractivity contribution in [1.29, 1.82) is 0 Å². The van der Waals surface area contributed by atoms with E-state index < -0.39 is 0 Å². The van der Waals surface area contributed by atoms with Gasteiger partial charge in [-0.2, -0.15) is 9.61 Å². The molecular weight excluding hydrogens is 382 g/mol. The summed E-state index contributed by atoms with van der Waals surface area (Å²) in [5, 5.41) is 14.3. The second-order valence-corrected chi connectivity index (χ2v) is 8.03. The summed E-state index contributed by atoms with van der Waals surface area (Å²) in [6.07, 6.45) is 6.43. The van der Waals surface area contributed by atoms with Crippen molar-refractivity contribution >= 4 is 29.3 Å². The summed E-state index contributed by atoms with van der Waals surface area (Å²) >= 11 is 0. The van der Waals surface area contributed by atoms with Crippen LogP contribution in [0, 0.1) is 0 Å². The zero-order chi connectivity index (χ0) is 20.5. The van der Waals surface area contributed by atoms with Gasteiger partial charge in [0.05, 0.1) is 25.8 Å². The number of nitrogens with one attached hydrogen (secondary N) is 3. The van der Waals surface area contributed by atoms with Crippen molar-refractivity contribution in [3.8, 4) is 0 Å². The van der Waals surface area contributed by atoms with Crippen molar-refractivity contribution in [2.75, 3.05) is 50.0 Å². The van der Waals surface area contributed by atoms with E-state index in [9.17, 15) is 4.79 Å². The molecule has 2 aliphatic heterocycles. The maximum absolute atomic E-state index is 11.7. The van der Waals surface area contributed by atoms with Gasteiger partial charge in [-0.1, -0.05) is 6.58 Å². The molecule has 2 aromatic heterocycles. The molecule has 9 nitrogen and oxygen atoms in total. The van der Waals surface area contributed by atoms with Gasteiger partial charge >= 0.3 is 0 Å². The summed E-state index contributed by atoms with van der Waals surface area (Å²) < 4.78 is 7.25. The number of hydrogen-bond acceptors (Lipinski definition) is 7. The Bertz CT molecular complexity index is 1000. The van der Waals surface area contributed by atoms with Crippen molar-refractivity contribution < 1.29 is 9.53 Å². The first-order valence-corrected chi connectivity index (χ1v) is 10.5. The average Bonchev–Trinajstić information content (AvgIpc) is 3.37. The highest BCUT2D eigenvalue weighted by Crippen LogP contribution is 2.28. The van der Waals surface area contributed by atoms with Crippen LogP contribution in [-0.4, -0.2) is 70.8 Å². The molecule has 1 saturated carbocycles. The number of fused-ring (bicyclic) bond motifs is 1. The van der Waals surface area contributed by atoms with E-state index in [2.05, 4.69) is 32.5 Å². The molecule has 0 bridgehead atoms. The summed E-state index contributed by atoms with van der Waals surface area (Å²) in [6.45, 7) is 9.24. The van der Waals surface area contributed by atoms with Gasteiger partial charge in [-0.05, 0) is 24.5 Å². The Kier molecular flexibility index (Phi) is 5.14. The highest BCUT2D eigenvalue weighted by atomic mass is 16.5. The zero-order valence-electron chi connectivity index (χ0n) is 17.0. The third kappa shape index (κ3) is 4.17. The van der Waals surface area contributed by atoms with Gasteiger partial charge in [-0.15, -0.1) is 0 Å². The number of ether oxygens (including phenoxy) is 1. The molecule has 5 rings (SSSR count). The number of amides is 1. The predicted octanol–water partition coefficient (Wildman–Crippen LogP) is 1.46. The molecule has 2 aromatic rings. The first-order chi connectivity index (χ1) is 14.7. The van der Waals surface area contributed by atoms with Gasteiger partial charge < -0.3 is 20.7 Å². The third-order valence-corrected chi connectivity index (χ3v) is 5.62. The van der Waals surface area contributed by atoms with Crippen LogP contribution in [0.15, 0.2) is 30.1 Å². The van der Waals surface area contributed by atoms with E-state index in [1.54, 1.807) is 6.20 Å². The van der Waals surface area contributed by atoms with Gasteiger partial charge in [0.25, 0.3) is 0 Å². The molecule has 0 aromatic carbocycles. The van der Waals surface area contributed by atoms with Crippen molar-refractivity contribution in [2.45, 2.75) is 25.3 Å². The Morgan fingerprint density at radius 3 is 2.90 bits per heavy atom. The van der Waals surface area contributed by atoms with E-state index >= 15 is 0 Å². The second-order valence-electron chi connectivity index (χ2n) is 8.03. The molecule has 0 spiro atoms. The van der Waals surface area contributed by atoms with Gasteiger partial charge in [0, 0.05) is 49.5 Å². The van der Waals surface area contributed by atoms with Gasteiger partial charge in [0.1, 0.15) is 11.6 Å². The van der Waals surface area contributed by atoms with E-state index in [0.717, 1.165) is 67.8 Å². The van der Waals surface area contributed by atoms with Crippen LogP contribution in [-0.2, 0) is 9.53 Å². The molecule has 1 aliphatic carbocycles. The first kappa shape index (κ1) is 19.1. The topological polar surface area (TPSA) is 95.8 Å². The highest BCUT2D eigenvalue weighted by Gasteiger charge is 2.24. The number of morpholine rings is 1. The Balaban J connectivity index is 1.40. The summed E-state index contributed by atoms with van der Waals surface area (Å²) in [4.78, 5) is 18.9. The van der Waals surface area contributed by atoms with Crippen LogP contribution in [0.1, 0.15) is 24.8 Å². The summed E-state index contributed by atoms with van der Waals surface area (Å²) in [6, 6.07) is 2.52. The van der Waals surface area contributed by atoms with Crippen molar-refractivity contribution in [2.24, 2.45) is 0 Å². The van der Waals surface area contributed by atoms with Crippen LogP contribution in [0.25, 0.3) is 11.7 Å². The number of carbonyl (C=O) groups is 1. The SMILES string of the molecule is C=C1NC(=O)C/C1=C\c1cnn2c(NC3CC3)cc(NCCN3CCOCC3)nc12. The fraction of sp³-hybridized carbons (Fsp3) is 0.476. The number of carbonyl (C=O) groups excluding carboxylic acids is 1. The minimum Gasteiger partial charge on any atom is -0.379 e. The fourth-order valence-electron chi connectivity index (χ4n) is 3.78. The van der Waals surface area contributed by atoms with Crippen LogP contribution in [0.2, 0.25) is 0 Å². The maximum atomic E-state index is 11.7. The van der Waals surface area contributed by atoms with Crippen LogP contribution in [0.4, 0.5) is 11.6 Å². The molecule has 0 radical (unpaired) electrons. The van der Waals surface area contributed by atoms with Gasteiger partial charge in [0.15, 0.2) is 5.65 Å². The number of allylic oxidation sites excluding steroid dienone is 1. The van der Waals surface area contributed by atoms with Crippen molar-refractivity contribution in [3.05, 3.63) is 35.7 Å². The molecule has 3 fully saturated rings. The standard InChI is InChI=1S/C21H27N7O2/c1-14-15(11-20(29)24-14)10-16-13-23-28-19(25-17-2-3-17)12-18(26-21(16)28)22-4-5-27-6-8-30-9-7-27/h10,12-13,17,25H,1-9,11H2,(H,22,26)(H,24,29)/b15-10+. The lowest BCUT2D eigenvalue weighted by atomic mass is 10.1. The Morgan fingerprint density at radius 2 is 2.17 bits per heavy atom. The molecule has 4 heterocycles. The lowest BCUT2D eigenvalue weighted by Crippen LogP contribution is -2.39. The second kappa shape index (κ2) is 8.08. The lowest BCUT2D eigenvalue weighted by Gasteiger charge is -2.26. The molecule has 0 unspecified atom stereocenters. The van der Waals surface area contributed by atoms with Crippen molar-refractivity contribution in [1.82, 2.24) is 24.8 Å².